The molecule has 0 saturated carbocycles. The quantitative estimate of drug-likeness (QED) is 0.649. The van der Waals surface area contributed by atoms with Crippen LogP contribution in [-0.2, 0) is 11.3 Å². The van der Waals surface area contributed by atoms with Gasteiger partial charge in [-0.05, 0) is 24.6 Å². The van der Waals surface area contributed by atoms with Crippen LogP contribution in [0.3, 0.4) is 0 Å². The number of likely N-dealkylation sites (N-methyl/N-ethyl adjacent to an activating group) is 1. The number of ether oxygens (including phenoxy) is 1. The maximum atomic E-state index is 12.2. The second kappa shape index (κ2) is 9.33. The minimum absolute atomic E-state index is 0. The molecule has 9 nitrogen and oxygen atoms in total. The Balaban J connectivity index is 0.00000261. The Hall–Kier alpha value is -2.65. The van der Waals surface area contributed by atoms with Crippen molar-refractivity contribution in [1.82, 2.24) is 30.9 Å². The normalized spacial score (nSPS) is 18.4. The number of hydrogen-bond acceptors (Lipinski definition) is 6. The molecular weight excluding hydrogens is 372 g/mol. The highest BCUT2D eigenvalue weighted by Crippen LogP contribution is 2.19. The fourth-order valence-corrected chi connectivity index (χ4v) is 2.90. The molecule has 2 atom stereocenters. The van der Waals surface area contributed by atoms with Crippen LogP contribution in [0.15, 0.2) is 30.5 Å². The van der Waals surface area contributed by atoms with Crippen molar-refractivity contribution in [3.63, 3.8) is 0 Å². The van der Waals surface area contributed by atoms with E-state index >= 15 is 0 Å². The Labute approximate surface area is 163 Å². The summed E-state index contributed by atoms with van der Waals surface area (Å²) in [6, 6.07) is 6.79. The molecule has 0 aliphatic carbocycles. The summed E-state index contributed by atoms with van der Waals surface area (Å²) in [5, 5.41) is 16.8. The standard InChI is InChI=1S/C17H22N6O3.ClH/c1-18-17(25)15-7-13(9-19-15)23-10-12(21-22-23)8-20-16(24)11-4-3-5-14(6-11)26-2;/h3-6,10,13,15,19H,7-9H2,1-2H3,(H,18,25)(H,20,24);1H/t13-,15+;/m1./s1. The van der Waals surface area contributed by atoms with Gasteiger partial charge in [0.15, 0.2) is 0 Å². The van der Waals surface area contributed by atoms with Gasteiger partial charge in [-0.1, -0.05) is 11.3 Å². The number of nitrogens with one attached hydrogen (secondary N) is 3. The van der Waals surface area contributed by atoms with Crippen LogP contribution in [0, 0.1) is 0 Å². The molecule has 1 aliphatic heterocycles. The zero-order valence-corrected chi connectivity index (χ0v) is 16.0. The summed E-state index contributed by atoms with van der Waals surface area (Å²) >= 11 is 0. The van der Waals surface area contributed by atoms with Crippen LogP contribution in [0.2, 0.25) is 0 Å². The summed E-state index contributed by atoms with van der Waals surface area (Å²) < 4.78 is 6.86. The zero-order chi connectivity index (χ0) is 18.5. The van der Waals surface area contributed by atoms with E-state index in [0.29, 0.717) is 30.0 Å². The molecule has 0 unspecified atom stereocenters. The Kier molecular flexibility index (Phi) is 7.14. The van der Waals surface area contributed by atoms with E-state index in [2.05, 4.69) is 26.3 Å². The van der Waals surface area contributed by atoms with Crippen molar-refractivity contribution in [2.45, 2.75) is 25.0 Å². The van der Waals surface area contributed by atoms with Gasteiger partial charge in [-0.25, -0.2) is 4.68 Å². The lowest BCUT2D eigenvalue weighted by Crippen LogP contribution is -2.38. The number of aromatic nitrogens is 3. The van der Waals surface area contributed by atoms with E-state index in [-0.39, 0.29) is 42.8 Å². The van der Waals surface area contributed by atoms with Gasteiger partial charge in [-0.3, -0.25) is 9.59 Å². The molecule has 1 aromatic carbocycles. The number of benzene rings is 1. The summed E-state index contributed by atoms with van der Waals surface area (Å²) in [4.78, 5) is 23.9. The largest absolute Gasteiger partial charge is 0.497 e. The molecule has 0 bridgehead atoms. The third kappa shape index (κ3) is 4.95. The molecule has 1 aromatic heterocycles. The molecule has 10 heteroatoms. The Morgan fingerprint density at radius 2 is 2.22 bits per heavy atom. The summed E-state index contributed by atoms with van der Waals surface area (Å²) in [6.45, 7) is 0.923. The van der Waals surface area contributed by atoms with Crippen molar-refractivity contribution in [1.29, 1.82) is 0 Å². The summed E-state index contributed by atoms with van der Waals surface area (Å²) in [5.74, 6) is 0.391. The number of amides is 2. The lowest BCUT2D eigenvalue weighted by atomic mass is 10.1. The number of nitrogens with zero attached hydrogens (tertiary/aromatic N) is 3. The molecule has 1 aliphatic rings. The van der Waals surface area contributed by atoms with E-state index in [1.54, 1.807) is 49.3 Å². The number of carbonyl (C=O) groups excluding carboxylic acids is 2. The van der Waals surface area contributed by atoms with Crippen molar-refractivity contribution in [3.8, 4) is 5.75 Å². The van der Waals surface area contributed by atoms with Gasteiger partial charge in [-0.2, -0.15) is 0 Å². The Morgan fingerprint density at radius 3 is 2.96 bits per heavy atom. The maximum absolute atomic E-state index is 12.2. The van der Waals surface area contributed by atoms with Crippen LogP contribution in [0.5, 0.6) is 5.75 Å². The molecule has 1 saturated heterocycles. The number of hydrogen-bond donors (Lipinski definition) is 3. The number of methoxy groups -OCH3 is 1. The number of rotatable bonds is 6. The first-order valence-electron chi connectivity index (χ1n) is 8.38. The van der Waals surface area contributed by atoms with Gasteiger partial charge >= 0.3 is 0 Å². The monoisotopic (exact) mass is 394 g/mol. The topological polar surface area (TPSA) is 110 Å². The molecular formula is C17H23ClN6O3. The predicted octanol–water partition coefficient (Wildman–Crippen LogP) is 0.287. The van der Waals surface area contributed by atoms with Crippen LogP contribution in [0.1, 0.15) is 28.5 Å². The first kappa shape index (κ1) is 20.7. The zero-order valence-electron chi connectivity index (χ0n) is 15.1. The molecule has 146 valence electrons. The van der Waals surface area contributed by atoms with E-state index in [4.69, 9.17) is 4.74 Å². The minimum atomic E-state index is -0.217. The summed E-state index contributed by atoms with van der Waals surface area (Å²) in [7, 11) is 3.18. The lowest BCUT2D eigenvalue weighted by Gasteiger charge is -2.09. The second-order valence-corrected chi connectivity index (χ2v) is 6.07. The van der Waals surface area contributed by atoms with E-state index in [0.717, 1.165) is 0 Å². The van der Waals surface area contributed by atoms with Crippen molar-refractivity contribution in [2.24, 2.45) is 0 Å². The van der Waals surface area contributed by atoms with Crippen molar-refractivity contribution < 1.29 is 14.3 Å². The third-order valence-corrected chi connectivity index (χ3v) is 4.36. The van der Waals surface area contributed by atoms with Gasteiger partial charge < -0.3 is 20.7 Å². The highest BCUT2D eigenvalue weighted by atomic mass is 35.5. The molecule has 1 fully saturated rings. The van der Waals surface area contributed by atoms with Gasteiger partial charge in [0.05, 0.1) is 31.9 Å². The van der Waals surface area contributed by atoms with Crippen molar-refractivity contribution >= 4 is 24.2 Å². The Morgan fingerprint density at radius 1 is 1.41 bits per heavy atom. The molecule has 0 radical (unpaired) electrons. The molecule has 2 amide bonds. The van der Waals surface area contributed by atoms with E-state index in [9.17, 15) is 9.59 Å². The third-order valence-electron chi connectivity index (χ3n) is 4.36. The maximum Gasteiger partial charge on any atom is 0.251 e. The molecule has 2 aromatic rings. The summed E-state index contributed by atoms with van der Waals surface area (Å²) in [6.07, 6.45) is 2.45. The van der Waals surface area contributed by atoms with E-state index in [1.807, 2.05) is 0 Å². The van der Waals surface area contributed by atoms with Crippen molar-refractivity contribution in [3.05, 3.63) is 41.7 Å². The summed E-state index contributed by atoms with van der Waals surface area (Å²) in [5.41, 5.74) is 1.18. The Bertz CT molecular complexity index is 796. The lowest BCUT2D eigenvalue weighted by molar-refractivity contribution is -0.122. The molecule has 27 heavy (non-hydrogen) atoms. The SMILES string of the molecule is CNC(=O)[C@@H]1C[C@@H](n2cc(CNC(=O)c3cccc(OC)c3)nn2)CN1.Cl. The smallest absolute Gasteiger partial charge is 0.251 e. The van der Waals surface area contributed by atoms with Crippen LogP contribution < -0.4 is 20.7 Å². The predicted molar refractivity (Wildman–Crippen MR) is 101 cm³/mol. The van der Waals surface area contributed by atoms with Gasteiger partial charge in [0, 0.05) is 19.2 Å². The van der Waals surface area contributed by atoms with Gasteiger partial charge in [0.25, 0.3) is 5.91 Å². The minimum Gasteiger partial charge on any atom is -0.497 e. The molecule has 3 N–H and O–H groups in total. The van der Waals surface area contributed by atoms with Crippen LogP contribution in [-0.4, -0.2) is 53.6 Å². The second-order valence-electron chi connectivity index (χ2n) is 6.07. The first-order chi connectivity index (χ1) is 12.6. The van der Waals surface area contributed by atoms with Crippen LogP contribution in [0.25, 0.3) is 0 Å². The first-order valence-corrected chi connectivity index (χ1v) is 8.38. The van der Waals surface area contributed by atoms with E-state index in [1.165, 1.54) is 0 Å². The number of carbonyl (C=O) groups is 2. The average molecular weight is 395 g/mol. The van der Waals surface area contributed by atoms with Crippen molar-refractivity contribution in [2.75, 3.05) is 20.7 Å². The highest BCUT2D eigenvalue weighted by molar-refractivity contribution is 5.94. The molecule has 3 rings (SSSR count). The average Bonchev–Trinajstić information content (AvgIpc) is 3.34. The molecule has 2 heterocycles. The van der Waals surface area contributed by atoms with Gasteiger partial charge in [0.1, 0.15) is 11.4 Å². The van der Waals surface area contributed by atoms with Crippen LogP contribution in [0.4, 0.5) is 0 Å². The van der Waals surface area contributed by atoms with Gasteiger partial charge in [-0.15, -0.1) is 17.5 Å². The highest BCUT2D eigenvalue weighted by Gasteiger charge is 2.30. The fourth-order valence-electron chi connectivity index (χ4n) is 2.90. The number of halogens is 1. The fraction of sp³-hybridized carbons (Fsp3) is 0.412. The van der Waals surface area contributed by atoms with E-state index < -0.39 is 0 Å². The van der Waals surface area contributed by atoms with Crippen LogP contribution >= 0.6 is 12.4 Å². The molecule has 0 spiro atoms. The van der Waals surface area contributed by atoms with Gasteiger partial charge in [0.2, 0.25) is 5.91 Å².